The summed E-state index contributed by atoms with van der Waals surface area (Å²) >= 11 is 0. The lowest BCUT2D eigenvalue weighted by Crippen LogP contribution is -2.48. The third kappa shape index (κ3) is 5.38. The van der Waals surface area contributed by atoms with Crippen molar-refractivity contribution in [2.24, 2.45) is 5.92 Å². The average molecular weight is 419 g/mol. The van der Waals surface area contributed by atoms with E-state index in [1.165, 1.54) is 16.8 Å². The van der Waals surface area contributed by atoms with Crippen LogP contribution in [0, 0.1) is 11.7 Å². The molecule has 30 heavy (non-hydrogen) atoms. The number of rotatable bonds is 9. The highest BCUT2D eigenvalue weighted by Gasteiger charge is 2.51. The second-order valence-electron chi connectivity index (χ2n) is 7.35. The maximum absolute atomic E-state index is 13.0. The van der Waals surface area contributed by atoms with Crippen molar-refractivity contribution in [2.45, 2.75) is 45.1 Å². The van der Waals surface area contributed by atoms with Crippen molar-refractivity contribution in [3.05, 3.63) is 42.0 Å². The van der Waals surface area contributed by atoms with Crippen LogP contribution in [-0.4, -0.2) is 56.1 Å². The van der Waals surface area contributed by atoms with Gasteiger partial charge in [-0.15, -0.1) is 5.10 Å². The molecule has 1 aliphatic heterocycles. The SMILES string of the molecule is CC(C)CC(NC(=O)C1OC1C(=O)O)C(=O)NCc1cn(-c2ccc(F)cc2)nn1. The zero-order valence-electron chi connectivity index (χ0n) is 16.4. The first-order chi connectivity index (χ1) is 14.2. The Hall–Kier alpha value is -3.34. The number of hydrogen-bond acceptors (Lipinski definition) is 6. The summed E-state index contributed by atoms with van der Waals surface area (Å²) in [5.74, 6) is -2.54. The lowest BCUT2D eigenvalue weighted by molar-refractivity contribution is -0.138. The average Bonchev–Trinajstić information content (AvgIpc) is 3.37. The number of carboxylic acids is 1. The summed E-state index contributed by atoms with van der Waals surface area (Å²) in [6, 6.07) is 4.85. The van der Waals surface area contributed by atoms with Gasteiger partial charge in [-0.2, -0.15) is 0 Å². The molecular weight excluding hydrogens is 397 g/mol. The van der Waals surface area contributed by atoms with E-state index in [4.69, 9.17) is 9.84 Å². The smallest absolute Gasteiger partial charge is 0.336 e. The second-order valence-corrected chi connectivity index (χ2v) is 7.35. The number of epoxide rings is 1. The Bertz CT molecular complexity index is 930. The van der Waals surface area contributed by atoms with Gasteiger partial charge in [0.2, 0.25) is 5.91 Å². The molecule has 3 N–H and O–H groups in total. The van der Waals surface area contributed by atoms with Gasteiger partial charge in [0.15, 0.2) is 12.2 Å². The molecule has 3 rings (SSSR count). The third-order valence-corrected chi connectivity index (χ3v) is 4.41. The molecule has 0 saturated carbocycles. The number of aromatic nitrogens is 3. The van der Waals surface area contributed by atoms with Crippen molar-refractivity contribution in [1.82, 2.24) is 25.6 Å². The summed E-state index contributed by atoms with van der Waals surface area (Å²) in [6.45, 7) is 3.87. The van der Waals surface area contributed by atoms with Crippen molar-refractivity contribution >= 4 is 17.8 Å². The molecule has 11 heteroatoms. The second kappa shape index (κ2) is 8.99. The van der Waals surface area contributed by atoms with Crippen molar-refractivity contribution in [1.29, 1.82) is 0 Å². The number of benzene rings is 1. The van der Waals surface area contributed by atoms with Crippen LogP contribution in [0.3, 0.4) is 0 Å². The first-order valence-corrected chi connectivity index (χ1v) is 9.38. The number of nitrogens with zero attached hydrogens (tertiary/aromatic N) is 3. The highest BCUT2D eigenvalue weighted by atomic mass is 19.1. The molecule has 2 heterocycles. The lowest BCUT2D eigenvalue weighted by atomic mass is 10.0. The number of carbonyl (C=O) groups is 3. The fourth-order valence-electron chi connectivity index (χ4n) is 2.86. The Morgan fingerprint density at radius 2 is 1.93 bits per heavy atom. The first kappa shape index (κ1) is 21.4. The van der Waals surface area contributed by atoms with Gasteiger partial charge in [0.1, 0.15) is 17.6 Å². The van der Waals surface area contributed by atoms with Gasteiger partial charge in [0.25, 0.3) is 5.91 Å². The highest BCUT2D eigenvalue weighted by molar-refractivity contribution is 5.95. The van der Waals surface area contributed by atoms with Crippen LogP contribution in [0.2, 0.25) is 0 Å². The number of amides is 2. The zero-order valence-corrected chi connectivity index (χ0v) is 16.4. The Morgan fingerprint density at radius 3 is 2.53 bits per heavy atom. The molecule has 0 bridgehead atoms. The van der Waals surface area contributed by atoms with Gasteiger partial charge in [0, 0.05) is 0 Å². The van der Waals surface area contributed by atoms with Crippen LogP contribution in [0.25, 0.3) is 5.69 Å². The maximum atomic E-state index is 13.0. The number of ether oxygens (including phenoxy) is 1. The maximum Gasteiger partial charge on any atom is 0.336 e. The Morgan fingerprint density at radius 1 is 1.23 bits per heavy atom. The van der Waals surface area contributed by atoms with Crippen LogP contribution < -0.4 is 10.6 Å². The highest BCUT2D eigenvalue weighted by Crippen LogP contribution is 2.22. The van der Waals surface area contributed by atoms with E-state index in [0.29, 0.717) is 17.8 Å². The topological polar surface area (TPSA) is 139 Å². The summed E-state index contributed by atoms with van der Waals surface area (Å²) in [5, 5.41) is 22.0. The molecule has 1 saturated heterocycles. The summed E-state index contributed by atoms with van der Waals surface area (Å²) in [7, 11) is 0. The van der Waals surface area contributed by atoms with E-state index in [0.717, 1.165) is 0 Å². The summed E-state index contributed by atoms with van der Waals surface area (Å²) in [5.41, 5.74) is 1.09. The number of nitrogens with one attached hydrogen (secondary N) is 2. The summed E-state index contributed by atoms with van der Waals surface area (Å²) < 4.78 is 19.3. The number of carboxylic acid groups (broad SMARTS) is 1. The van der Waals surface area contributed by atoms with E-state index in [-0.39, 0.29) is 18.3 Å². The third-order valence-electron chi connectivity index (χ3n) is 4.41. The van der Waals surface area contributed by atoms with Crippen molar-refractivity contribution in [3.8, 4) is 5.69 Å². The van der Waals surface area contributed by atoms with Crippen LogP contribution in [0.1, 0.15) is 26.0 Å². The van der Waals surface area contributed by atoms with Gasteiger partial charge < -0.3 is 20.5 Å². The van der Waals surface area contributed by atoms with Gasteiger partial charge in [-0.1, -0.05) is 19.1 Å². The van der Waals surface area contributed by atoms with E-state index in [1.807, 2.05) is 13.8 Å². The van der Waals surface area contributed by atoms with Crippen molar-refractivity contribution in [2.75, 3.05) is 0 Å². The fraction of sp³-hybridized carbons (Fsp3) is 0.421. The molecule has 0 spiro atoms. The molecular formula is C19H22FN5O5. The van der Waals surface area contributed by atoms with Gasteiger partial charge in [-0.25, -0.2) is 13.9 Å². The molecule has 0 radical (unpaired) electrons. The monoisotopic (exact) mass is 419 g/mol. The van der Waals surface area contributed by atoms with E-state index in [2.05, 4.69) is 20.9 Å². The van der Waals surface area contributed by atoms with Crippen LogP contribution in [0.5, 0.6) is 0 Å². The zero-order chi connectivity index (χ0) is 21.8. The predicted molar refractivity (Wildman–Crippen MR) is 101 cm³/mol. The minimum Gasteiger partial charge on any atom is -0.479 e. The van der Waals surface area contributed by atoms with E-state index in [1.54, 1.807) is 18.3 Å². The number of hydrogen-bond donors (Lipinski definition) is 3. The molecule has 2 amide bonds. The normalized spacial score (nSPS) is 18.7. The first-order valence-electron chi connectivity index (χ1n) is 9.38. The summed E-state index contributed by atoms with van der Waals surface area (Å²) in [6.07, 6.45) is -0.293. The molecule has 160 valence electrons. The Kier molecular flexibility index (Phi) is 6.40. The molecule has 1 aromatic heterocycles. The molecule has 1 fully saturated rings. The molecule has 0 aliphatic carbocycles. The number of halogens is 1. The molecule has 1 aromatic carbocycles. The van der Waals surface area contributed by atoms with Crippen LogP contribution in [-0.2, 0) is 25.7 Å². The molecule has 3 atom stereocenters. The van der Waals surface area contributed by atoms with E-state index < -0.39 is 36.0 Å². The summed E-state index contributed by atoms with van der Waals surface area (Å²) in [4.78, 5) is 35.6. The minimum atomic E-state index is -1.22. The van der Waals surface area contributed by atoms with E-state index in [9.17, 15) is 18.8 Å². The number of aliphatic carboxylic acids is 1. The van der Waals surface area contributed by atoms with Gasteiger partial charge in [-0.3, -0.25) is 9.59 Å². The molecule has 3 unspecified atom stereocenters. The fourth-order valence-corrected chi connectivity index (χ4v) is 2.86. The lowest BCUT2D eigenvalue weighted by Gasteiger charge is -2.19. The van der Waals surface area contributed by atoms with Gasteiger partial charge in [0.05, 0.1) is 18.4 Å². The van der Waals surface area contributed by atoms with Gasteiger partial charge in [-0.05, 0) is 36.6 Å². The van der Waals surface area contributed by atoms with Crippen LogP contribution in [0.15, 0.2) is 30.5 Å². The van der Waals surface area contributed by atoms with Crippen molar-refractivity contribution < 1.29 is 28.6 Å². The molecule has 10 nitrogen and oxygen atoms in total. The van der Waals surface area contributed by atoms with E-state index >= 15 is 0 Å². The van der Waals surface area contributed by atoms with Crippen LogP contribution >= 0.6 is 0 Å². The quantitative estimate of drug-likeness (QED) is 0.500. The number of carbonyl (C=O) groups excluding carboxylic acids is 2. The Labute approximate surface area is 171 Å². The van der Waals surface area contributed by atoms with Crippen LogP contribution in [0.4, 0.5) is 4.39 Å². The largest absolute Gasteiger partial charge is 0.479 e. The standard InChI is InChI=1S/C19H22FN5O5/c1-10(2)7-14(22-18(27)15-16(30-15)19(28)29)17(26)21-8-12-9-25(24-23-12)13-5-3-11(20)4-6-13/h3-6,9-10,14-16H,7-8H2,1-2H3,(H,21,26)(H,22,27)(H,28,29). The molecule has 1 aliphatic rings. The minimum absolute atomic E-state index is 0.0716. The molecule has 2 aromatic rings. The Balaban J connectivity index is 1.57. The van der Waals surface area contributed by atoms with Crippen molar-refractivity contribution in [3.63, 3.8) is 0 Å². The van der Waals surface area contributed by atoms with Gasteiger partial charge >= 0.3 is 5.97 Å². The predicted octanol–water partition coefficient (Wildman–Crippen LogP) is 0.406.